The first-order valence-corrected chi connectivity index (χ1v) is 6.80. The second kappa shape index (κ2) is 4.44. The molecule has 0 unspecified atom stereocenters. The van der Waals surface area contributed by atoms with Gasteiger partial charge in [-0.25, -0.2) is 0 Å². The highest BCUT2D eigenvalue weighted by molar-refractivity contribution is 8.01. The van der Waals surface area contributed by atoms with E-state index in [1.165, 1.54) is 0 Å². The van der Waals surface area contributed by atoms with Crippen LogP contribution in [0.4, 0.5) is 0 Å². The van der Waals surface area contributed by atoms with Gasteiger partial charge >= 0.3 is 5.97 Å². The Morgan fingerprint density at radius 3 is 2.89 bits per heavy atom. The molecule has 1 aromatic carbocycles. The van der Waals surface area contributed by atoms with Crippen molar-refractivity contribution in [2.24, 2.45) is 5.92 Å². The number of cyclic esters (lactones) is 1. The SMILES string of the molecule is O=C1O[C@@H](CO)[C@H]2C=CC[C@@]12Sc1ccccc1. The summed E-state index contributed by atoms with van der Waals surface area (Å²) in [6.45, 7) is -0.113. The van der Waals surface area contributed by atoms with Crippen molar-refractivity contribution < 1.29 is 14.6 Å². The molecule has 3 atom stereocenters. The summed E-state index contributed by atoms with van der Waals surface area (Å²) in [6.07, 6.45) is 4.30. The van der Waals surface area contributed by atoms with Crippen LogP contribution < -0.4 is 0 Å². The number of fused-ring (bicyclic) bond motifs is 1. The first-order chi connectivity index (χ1) is 8.76. The number of carbonyl (C=O) groups is 1. The molecule has 3 rings (SSSR count). The quantitative estimate of drug-likeness (QED) is 0.668. The third kappa shape index (κ3) is 1.68. The van der Waals surface area contributed by atoms with Crippen molar-refractivity contribution in [3.63, 3.8) is 0 Å². The lowest BCUT2D eigenvalue weighted by Crippen LogP contribution is -2.35. The molecule has 0 bridgehead atoms. The van der Waals surface area contributed by atoms with Crippen LogP contribution >= 0.6 is 11.8 Å². The fraction of sp³-hybridized carbons (Fsp3) is 0.357. The lowest BCUT2D eigenvalue weighted by atomic mass is 9.93. The van der Waals surface area contributed by atoms with Crippen molar-refractivity contribution in [3.8, 4) is 0 Å². The van der Waals surface area contributed by atoms with E-state index in [0.29, 0.717) is 6.42 Å². The third-order valence-corrected chi connectivity index (χ3v) is 5.01. The topological polar surface area (TPSA) is 46.5 Å². The molecule has 0 amide bonds. The second-order valence-electron chi connectivity index (χ2n) is 4.59. The van der Waals surface area contributed by atoms with Crippen molar-refractivity contribution in [1.29, 1.82) is 0 Å². The highest BCUT2D eigenvalue weighted by Crippen LogP contribution is 2.52. The zero-order valence-corrected chi connectivity index (χ0v) is 10.6. The highest BCUT2D eigenvalue weighted by atomic mass is 32.2. The van der Waals surface area contributed by atoms with E-state index >= 15 is 0 Å². The second-order valence-corrected chi connectivity index (χ2v) is 5.99. The van der Waals surface area contributed by atoms with Crippen molar-refractivity contribution in [2.45, 2.75) is 22.2 Å². The molecule has 1 heterocycles. The average Bonchev–Trinajstić information content (AvgIpc) is 2.90. The third-order valence-electron chi connectivity index (χ3n) is 3.53. The minimum atomic E-state index is -0.575. The minimum Gasteiger partial charge on any atom is -0.458 e. The number of hydrogen-bond donors (Lipinski definition) is 1. The number of ether oxygens (including phenoxy) is 1. The Bertz CT molecular complexity index is 485. The summed E-state index contributed by atoms with van der Waals surface area (Å²) >= 11 is 1.55. The van der Waals surface area contributed by atoms with Gasteiger partial charge in [-0.1, -0.05) is 30.4 Å². The molecular formula is C14H14O3S. The fourth-order valence-corrected chi connectivity index (χ4v) is 4.03. The molecule has 1 aliphatic carbocycles. The average molecular weight is 262 g/mol. The fourth-order valence-electron chi connectivity index (χ4n) is 2.64. The lowest BCUT2D eigenvalue weighted by Gasteiger charge is -2.24. The number of thioether (sulfide) groups is 1. The van der Waals surface area contributed by atoms with E-state index in [0.717, 1.165) is 4.90 Å². The van der Waals surface area contributed by atoms with Gasteiger partial charge in [0.25, 0.3) is 0 Å². The van der Waals surface area contributed by atoms with Gasteiger partial charge in [0.2, 0.25) is 0 Å². The zero-order chi connectivity index (χ0) is 12.6. The van der Waals surface area contributed by atoms with E-state index < -0.39 is 10.9 Å². The minimum absolute atomic E-state index is 0.0276. The van der Waals surface area contributed by atoms with Gasteiger partial charge in [0, 0.05) is 10.8 Å². The summed E-state index contributed by atoms with van der Waals surface area (Å²) in [5, 5.41) is 9.29. The van der Waals surface area contributed by atoms with E-state index in [1.807, 2.05) is 42.5 Å². The monoisotopic (exact) mass is 262 g/mol. The van der Waals surface area contributed by atoms with Gasteiger partial charge in [-0.05, 0) is 18.6 Å². The number of carbonyl (C=O) groups excluding carboxylic acids is 1. The summed E-state index contributed by atoms with van der Waals surface area (Å²) in [6, 6.07) is 9.86. The lowest BCUT2D eigenvalue weighted by molar-refractivity contribution is -0.144. The van der Waals surface area contributed by atoms with Crippen LogP contribution in [-0.2, 0) is 9.53 Å². The van der Waals surface area contributed by atoms with Crippen molar-refractivity contribution in [2.75, 3.05) is 6.61 Å². The number of rotatable bonds is 3. The van der Waals surface area contributed by atoms with Crippen LogP contribution in [0.2, 0.25) is 0 Å². The predicted octanol–water partition coefficient (Wildman–Crippen LogP) is 2.01. The summed E-state index contributed by atoms with van der Waals surface area (Å²) in [7, 11) is 0. The number of benzene rings is 1. The van der Waals surface area contributed by atoms with Crippen LogP contribution in [-0.4, -0.2) is 28.5 Å². The predicted molar refractivity (Wildman–Crippen MR) is 69.2 cm³/mol. The van der Waals surface area contributed by atoms with Crippen LogP contribution in [0.1, 0.15) is 6.42 Å². The van der Waals surface area contributed by atoms with E-state index in [2.05, 4.69) is 0 Å². The van der Waals surface area contributed by atoms with Gasteiger partial charge in [-0.3, -0.25) is 4.79 Å². The highest BCUT2D eigenvalue weighted by Gasteiger charge is 2.58. The molecule has 1 fully saturated rings. The Hall–Kier alpha value is -1.26. The maximum absolute atomic E-state index is 12.2. The van der Waals surface area contributed by atoms with Gasteiger partial charge in [-0.2, -0.15) is 0 Å². The molecule has 2 aliphatic rings. The maximum Gasteiger partial charge on any atom is 0.324 e. The van der Waals surface area contributed by atoms with Gasteiger partial charge in [0.05, 0.1) is 6.61 Å². The van der Waals surface area contributed by atoms with Crippen LogP contribution in [0.3, 0.4) is 0 Å². The summed E-state index contributed by atoms with van der Waals surface area (Å²) in [5.74, 6) is -0.231. The largest absolute Gasteiger partial charge is 0.458 e. The molecule has 1 aromatic rings. The van der Waals surface area contributed by atoms with Crippen molar-refractivity contribution >= 4 is 17.7 Å². The molecule has 18 heavy (non-hydrogen) atoms. The smallest absolute Gasteiger partial charge is 0.324 e. The van der Waals surface area contributed by atoms with E-state index in [4.69, 9.17) is 4.74 Å². The van der Waals surface area contributed by atoms with Gasteiger partial charge in [-0.15, -0.1) is 11.8 Å². The van der Waals surface area contributed by atoms with E-state index in [-0.39, 0.29) is 18.5 Å². The standard InChI is InChI=1S/C14H14O3S/c15-9-12-11-7-4-8-14(11,13(16)17-12)18-10-5-2-1-3-6-10/h1-7,11-12,15H,8-9H2/t11-,12+,14+/m1/s1. The number of allylic oxidation sites excluding steroid dienone is 1. The molecule has 94 valence electrons. The summed E-state index contributed by atoms with van der Waals surface area (Å²) in [5.41, 5.74) is 0. The molecule has 1 N–H and O–H groups in total. The molecule has 3 nitrogen and oxygen atoms in total. The number of esters is 1. The van der Waals surface area contributed by atoms with Gasteiger partial charge in [0.15, 0.2) is 0 Å². The van der Waals surface area contributed by atoms with Crippen LogP contribution in [0, 0.1) is 5.92 Å². The van der Waals surface area contributed by atoms with Crippen molar-refractivity contribution in [3.05, 3.63) is 42.5 Å². The van der Waals surface area contributed by atoms with Crippen LogP contribution in [0.5, 0.6) is 0 Å². The Morgan fingerprint density at radius 1 is 1.39 bits per heavy atom. The zero-order valence-electron chi connectivity index (χ0n) is 9.78. The molecular weight excluding hydrogens is 248 g/mol. The van der Waals surface area contributed by atoms with E-state index in [9.17, 15) is 9.90 Å². The Labute approximate surface area is 110 Å². The van der Waals surface area contributed by atoms with Crippen LogP contribution in [0.15, 0.2) is 47.4 Å². The Kier molecular flexibility index (Phi) is 2.92. The number of aliphatic hydroxyl groups excluding tert-OH is 1. The normalized spacial score (nSPS) is 33.5. The summed E-state index contributed by atoms with van der Waals surface area (Å²) in [4.78, 5) is 13.2. The molecule has 0 saturated carbocycles. The first kappa shape index (κ1) is 11.8. The molecule has 4 heteroatoms. The van der Waals surface area contributed by atoms with Gasteiger partial charge < -0.3 is 9.84 Å². The summed E-state index contributed by atoms with van der Waals surface area (Å²) < 4.78 is 4.72. The molecule has 0 spiro atoms. The van der Waals surface area contributed by atoms with Gasteiger partial charge in [0.1, 0.15) is 10.9 Å². The Balaban J connectivity index is 1.91. The number of aliphatic hydroxyl groups is 1. The van der Waals surface area contributed by atoms with E-state index in [1.54, 1.807) is 11.8 Å². The van der Waals surface area contributed by atoms with Crippen molar-refractivity contribution in [1.82, 2.24) is 0 Å². The number of hydrogen-bond acceptors (Lipinski definition) is 4. The first-order valence-electron chi connectivity index (χ1n) is 5.99. The molecule has 0 aromatic heterocycles. The molecule has 0 radical (unpaired) electrons. The molecule has 1 saturated heterocycles. The molecule has 1 aliphatic heterocycles. The van der Waals surface area contributed by atoms with Crippen LogP contribution in [0.25, 0.3) is 0 Å². The Morgan fingerprint density at radius 2 is 2.17 bits per heavy atom. The maximum atomic E-state index is 12.2.